The summed E-state index contributed by atoms with van der Waals surface area (Å²) in [5.41, 5.74) is -1.04. The van der Waals surface area contributed by atoms with E-state index in [1.807, 2.05) is 0 Å². The van der Waals surface area contributed by atoms with Crippen LogP contribution in [0.4, 0.5) is 13.2 Å². The van der Waals surface area contributed by atoms with Gasteiger partial charge in [0.15, 0.2) is 5.78 Å². The maximum atomic E-state index is 12.8. The highest BCUT2D eigenvalue weighted by molar-refractivity contribution is 6.12. The van der Waals surface area contributed by atoms with Gasteiger partial charge in [0.1, 0.15) is 5.75 Å². The third-order valence-corrected chi connectivity index (χ3v) is 3.56. The lowest BCUT2D eigenvalue weighted by molar-refractivity contribution is -0.137. The average molecular weight is 316 g/mol. The van der Waals surface area contributed by atoms with Crippen molar-refractivity contribution in [1.29, 1.82) is 0 Å². The molecule has 0 aliphatic rings. The van der Waals surface area contributed by atoms with Gasteiger partial charge in [-0.15, -0.1) is 0 Å². The number of rotatable bonds is 2. The first-order valence-corrected chi connectivity index (χ1v) is 6.80. The van der Waals surface area contributed by atoms with Crippen LogP contribution >= 0.6 is 0 Å². The molecule has 0 radical (unpaired) electrons. The summed E-state index contributed by atoms with van der Waals surface area (Å²) in [6.07, 6.45) is -4.53. The Morgan fingerprint density at radius 2 is 1.52 bits per heavy atom. The number of phenols is 1. The van der Waals surface area contributed by atoms with Crippen molar-refractivity contribution >= 4 is 16.6 Å². The van der Waals surface area contributed by atoms with E-state index < -0.39 is 17.5 Å². The van der Waals surface area contributed by atoms with Gasteiger partial charge < -0.3 is 5.11 Å². The van der Waals surface area contributed by atoms with E-state index in [-0.39, 0.29) is 16.9 Å². The van der Waals surface area contributed by atoms with Gasteiger partial charge >= 0.3 is 6.18 Å². The zero-order valence-electron chi connectivity index (χ0n) is 11.8. The summed E-state index contributed by atoms with van der Waals surface area (Å²) in [5.74, 6) is -0.912. The molecule has 116 valence electrons. The molecule has 5 heteroatoms. The van der Waals surface area contributed by atoms with Crippen LogP contribution in [0.15, 0.2) is 60.7 Å². The number of halogens is 3. The lowest BCUT2D eigenvalue weighted by Crippen LogP contribution is -2.08. The van der Waals surface area contributed by atoms with E-state index in [4.69, 9.17) is 0 Å². The fourth-order valence-electron chi connectivity index (χ4n) is 2.40. The third kappa shape index (κ3) is 2.90. The number of fused-ring (bicyclic) bond motifs is 1. The Morgan fingerprint density at radius 1 is 0.870 bits per heavy atom. The van der Waals surface area contributed by atoms with Crippen molar-refractivity contribution in [2.75, 3.05) is 0 Å². The Kier molecular flexibility index (Phi) is 3.56. The van der Waals surface area contributed by atoms with Gasteiger partial charge in [0.25, 0.3) is 0 Å². The molecule has 0 aromatic heterocycles. The highest BCUT2D eigenvalue weighted by atomic mass is 19.4. The summed E-state index contributed by atoms with van der Waals surface area (Å²) in [7, 11) is 0. The smallest absolute Gasteiger partial charge is 0.416 e. The molecule has 0 heterocycles. The summed E-state index contributed by atoms with van der Waals surface area (Å²) in [4.78, 5) is 12.5. The first-order valence-electron chi connectivity index (χ1n) is 6.80. The van der Waals surface area contributed by atoms with Crippen LogP contribution in [0, 0.1) is 0 Å². The van der Waals surface area contributed by atoms with Crippen LogP contribution in [-0.2, 0) is 6.18 Å². The number of ketones is 1. The second kappa shape index (κ2) is 5.43. The first kappa shape index (κ1) is 15.1. The summed E-state index contributed by atoms with van der Waals surface area (Å²) in [6.45, 7) is 0. The van der Waals surface area contributed by atoms with Crippen LogP contribution in [0.1, 0.15) is 21.5 Å². The molecule has 0 aliphatic heterocycles. The molecule has 0 unspecified atom stereocenters. The predicted octanol–water partition coefficient (Wildman–Crippen LogP) is 4.80. The highest BCUT2D eigenvalue weighted by Crippen LogP contribution is 2.31. The van der Waals surface area contributed by atoms with Gasteiger partial charge in [0, 0.05) is 5.56 Å². The predicted molar refractivity (Wildman–Crippen MR) is 80.5 cm³/mol. The van der Waals surface area contributed by atoms with E-state index in [9.17, 15) is 23.1 Å². The van der Waals surface area contributed by atoms with Crippen LogP contribution in [0.3, 0.4) is 0 Å². The molecule has 23 heavy (non-hydrogen) atoms. The Morgan fingerprint density at radius 3 is 2.17 bits per heavy atom. The van der Waals surface area contributed by atoms with E-state index in [2.05, 4.69) is 0 Å². The van der Waals surface area contributed by atoms with Gasteiger partial charge in [-0.1, -0.05) is 36.4 Å². The SMILES string of the molecule is O=C(c1cccc(C(F)(F)F)c1)c1cc2ccccc2cc1O. The maximum absolute atomic E-state index is 12.8. The molecule has 3 aromatic rings. The van der Waals surface area contributed by atoms with Crippen molar-refractivity contribution in [3.63, 3.8) is 0 Å². The summed E-state index contributed by atoms with van der Waals surface area (Å²) in [5, 5.41) is 11.5. The van der Waals surface area contributed by atoms with Gasteiger partial charge in [-0.25, -0.2) is 0 Å². The van der Waals surface area contributed by atoms with E-state index in [1.165, 1.54) is 24.3 Å². The third-order valence-electron chi connectivity index (χ3n) is 3.56. The lowest BCUT2D eigenvalue weighted by atomic mass is 9.97. The molecule has 0 fully saturated rings. The molecule has 0 bridgehead atoms. The molecule has 2 nitrogen and oxygen atoms in total. The zero-order valence-corrected chi connectivity index (χ0v) is 11.8. The van der Waals surface area contributed by atoms with Gasteiger partial charge in [-0.2, -0.15) is 13.2 Å². The van der Waals surface area contributed by atoms with Crippen LogP contribution in [0.2, 0.25) is 0 Å². The van der Waals surface area contributed by atoms with Crippen molar-refractivity contribution in [2.45, 2.75) is 6.18 Å². The second-order valence-electron chi connectivity index (χ2n) is 5.12. The lowest BCUT2D eigenvalue weighted by Gasteiger charge is -2.10. The number of benzene rings is 3. The zero-order chi connectivity index (χ0) is 16.6. The molecule has 0 amide bonds. The molecule has 0 saturated heterocycles. The molecule has 0 aliphatic carbocycles. The fraction of sp³-hybridized carbons (Fsp3) is 0.0556. The number of hydrogen-bond acceptors (Lipinski definition) is 2. The van der Waals surface area contributed by atoms with Crippen LogP contribution < -0.4 is 0 Å². The minimum atomic E-state index is -4.53. The molecular weight excluding hydrogens is 305 g/mol. The van der Waals surface area contributed by atoms with Gasteiger partial charge in [0.05, 0.1) is 11.1 Å². The second-order valence-corrected chi connectivity index (χ2v) is 5.12. The van der Waals surface area contributed by atoms with E-state index in [0.717, 1.165) is 22.9 Å². The monoisotopic (exact) mass is 316 g/mol. The van der Waals surface area contributed by atoms with Gasteiger partial charge in [-0.3, -0.25) is 4.79 Å². The van der Waals surface area contributed by atoms with Crippen LogP contribution in [-0.4, -0.2) is 10.9 Å². The van der Waals surface area contributed by atoms with Crippen LogP contribution in [0.25, 0.3) is 10.8 Å². The Labute approximate surface area is 129 Å². The number of alkyl halides is 3. The first-order chi connectivity index (χ1) is 10.9. The number of phenolic OH excluding ortho intramolecular Hbond substituents is 1. The average Bonchev–Trinajstić information content (AvgIpc) is 2.53. The quantitative estimate of drug-likeness (QED) is 0.690. The molecule has 3 aromatic carbocycles. The normalized spacial score (nSPS) is 11.6. The van der Waals surface area contributed by atoms with E-state index >= 15 is 0 Å². The highest BCUT2D eigenvalue weighted by Gasteiger charge is 2.31. The Hall–Kier alpha value is -2.82. The van der Waals surface area contributed by atoms with Crippen molar-refractivity contribution < 1.29 is 23.1 Å². The standard InChI is InChI=1S/C18H11F3O2/c19-18(20,21)14-7-3-6-13(8-14)17(23)15-9-11-4-1-2-5-12(11)10-16(15)22/h1-10,22H. The fourth-order valence-corrected chi connectivity index (χ4v) is 2.40. The summed E-state index contributed by atoms with van der Waals surface area (Å²) >= 11 is 0. The summed E-state index contributed by atoms with van der Waals surface area (Å²) < 4.78 is 38.3. The molecule has 0 atom stereocenters. The van der Waals surface area contributed by atoms with Gasteiger partial charge in [0.2, 0.25) is 0 Å². The number of hydrogen-bond donors (Lipinski definition) is 1. The van der Waals surface area contributed by atoms with E-state index in [0.29, 0.717) is 0 Å². The molecular formula is C18H11F3O2. The Balaban J connectivity index is 2.09. The number of aromatic hydroxyl groups is 1. The topological polar surface area (TPSA) is 37.3 Å². The van der Waals surface area contributed by atoms with Crippen molar-refractivity contribution in [3.05, 3.63) is 77.4 Å². The van der Waals surface area contributed by atoms with Crippen LogP contribution in [0.5, 0.6) is 5.75 Å². The Bertz CT molecular complexity index is 898. The van der Waals surface area contributed by atoms with E-state index in [1.54, 1.807) is 24.3 Å². The summed E-state index contributed by atoms with van der Waals surface area (Å²) in [6, 6.07) is 14.2. The number of carbonyl (C=O) groups is 1. The molecule has 3 rings (SSSR count). The molecule has 0 spiro atoms. The van der Waals surface area contributed by atoms with Crippen molar-refractivity contribution in [2.24, 2.45) is 0 Å². The maximum Gasteiger partial charge on any atom is 0.416 e. The van der Waals surface area contributed by atoms with Crippen molar-refractivity contribution in [1.82, 2.24) is 0 Å². The molecule has 0 saturated carbocycles. The molecule has 1 N–H and O–H groups in total. The van der Waals surface area contributed by atoms with Gasteiger partial charge in [-0.05, 0) is 35.0 Å². The van der Waals surface area contributed by atoms with Crippen molar-refractivity contribution in [3.8, 4) is 5.75 Å². The largest absolute Gasteiger partial charge is 0.507 e. The minimum absolute atomic E-state index is 0.0250. The minimum Gasteiger partial charge on any atom is -0.507 e. The number of carbonyl (C=O) groups excluding carboxylic acids is 1.